The molecule has 1 aromatic carbocycles. The Kier molecular flexibility index (Phi) is 6.54. The minimum absolute atomic E-state index is 0.412. The Hall–Kier alpha value is -1.53. The van der Waals surface area contributed by atoms with E-state index in [0.29, 0.717) is 12.5 Å². The van der Waals surface area contributed by atoms with Crippen LogP contribution in [0.5, 0.6) is 5.75 Å². The maximum atomic E-state index is 9.22. The molecule has 0 heterocycles. The highest BCUT2D eigenvalue weighted by Gasteiger charge is 2.24. The van der Waals surface area contributed by atoms with Gasteiger partial charge in [0.2, 0.25) is 0 Å². The molecule has 3 nitrogen and oxygen atoms in total. The van der Waals surface area contributed by atoms with E-state index in [4.69, 9.17) is 4.74 Å². The Bertz CT molecular complexity index is 427. The molecule has 3 heteroatoms. The van der Waals surface area contributed by atoms with Crippen molar-refractivity contribution in [2.24, 2.45) is 0 Å². The van der Waals surface area contributed by atoms with Gasteiger partial charge in [-0.15, -0.1) is 0 Å². The van der Waals surface area contributed by atoms with Gasteiger partial charge in [-0.1, -0.05) is 32.9 Å². The van der Waals surface area contributed by atoms with Crippen molar-refractivity contribution in [1.82, 2.24) is 5.32 Å². The average molecular weight is 274 g/mol. The summed E-state index contributed by atoms with van der Waals surface area (Å²) in [6, 6.07) is 10.6. The van der Waals surface area contributed by atoms with E-state index in [1.807, 2.05) is 26.1 Å². The molecular formula is C17H26N2O. The van der Waals surface area contributed by atoms with Crippen molar-refractivity contribution < 1.29 is 4.74 Å². The Labute approximate surface area is 123 Å². The predicted molar refractivity (Wildman–Crippen MR) is 83.0 cm³/mol. The van der Waals surface area contributed by atoms with E-state index in [2.05, 4.69) is 37.4 Å². The standard InChI is InChI=1S/C17H26N2O/c1-5-17(13-18,19-4)11-6-12-20-16-9-7-15(8-10-16)14(2)3/h7-10,14,19H,5-6,11-12H2,1-4H3. The minimum Gasteiger partial charge on any atom is -0.494 e. The molecule has 0 saturated carbocycles. The first-order valence-corrected chi connectivity index (χ1v) is 7.40. The summed E-state index contributed by atoms with van der Waals surface area (Å²) in [6.45, 7) is 7.04. The van der Waals surface area contributed by atoms with Crippen LogP contribution in [0.3, 0.4) is 0 Å². The molecule has 1 atom stereocenters. The molecule has 0 spiro atoms. The number of nitriles is 1. The molecule has 1 N–H and O–H groups in total. The number of ether oxygens (including phenoxy) is 1. The SMILES string of the molecule is CCC(C#N)(CCCOc1ccc(C(C)C)cc1)NC. The number of hydrogen-bond acceptors (Lipinski definition) is 3. The van der Waals surface area contributed by atoms with Crippen LogP contribution in [0.1, 0.15) is 51.5 Å². The number of nitrogens with zero attached hydrogens (tertiary/aromatic N) is 1. The van der Waals surface area contributed by atoms with Crippen molar-refractivity contribution in [2.45, 2.75) is 51.5 Å². The molecular weight excluding hydrogens is 248 g/mol. The van der Waals surface area contributed by atoms with Gasteiger partial charge < -0.3 is 10.1 Å². The summed E-state index contributed by atoms with van der Waals surface area (Å²) in [5, 5.41) is 12.3. The van der Waals surface area contributed by atoms with Crippen LogP contribution in [0.4, 0.5) is 0 Å². The van der Waals surface area contributed by atoms with Crippen LogP contribution in [0.25, 0.3) is 0 Å². The van der Waals surface area contributed by atoms with E-state index in [0.717, 1.165) is 25.0 Å². The molecule has 1 unspecified atom stereocenters. The van der Waals surface area contributed by atoms with Crippen LogP contribution >= 0.6 is 0 Å². The molecule has 0 fully saturated rings. The molecule has 0 aliphatic heterocycles. The molecule has 0 aliphatic rings. The van der Waals surface area contributed by atoms with Crippen molar-refractivity contribution >= 4 is 0 Å². The lowest BCUT2D eigenvalue weighted by Gasteiger charge is -2.24. The van der Waals surface area contributed by atoms with Crippen LogP contribution < -0.4 is 10.1 Å². The Balaban J connectivity index is 2.39. The van der Waals surface area contributed by atoms with Gasteiger partial charge in [0.1, 0.15) is 11.3 Å². The second-order valence-corrected chi connectivity index (χ2v) is 5.47. The maximum absolute atomic E-state index is 9.22. The van der Waals surface area contributed by atoms with E-state index in [9.17, 15) is 5.26 Å². The summed E-state index contributed by atoms with van der Waals surface area (Å²) in [6.07, 6.45) is 2.48. The van der Waals surface area contributed by atoms with E-state index in [1.54, 1.807) is 0 Å². The van der Waals surface area contributed by atoms with Gasteiger partial charge in [0, 0.05) is 0 Å². The maximum Gasteiger partial charge on any atom is 0.119 e. The first-order valence-electron chi connectivity index (χ1n) is 7.40. The first-order chi connectivity index (χ1) is 9.56. The summed E-state index contributed by atoms with van der Waals surface area (Å²) in [5.41, 5.74) is 0.909. The minimum atomic E-state index is -0.412. The molecule has 1 aromatic rings. The molecule has 20 heavy (non-hydrogen) atoms. The summed E-state index contributed by atoms with van der Waals surface area (Å²) < 4.78 is 5.73. The van der Waals surface area contributed by atoms with Gasteiger partial charge in [-0.2, -0.15) is 5.26 Å². The largest absolute Gasteiger partial charge is 0.494 e. The first kappa shape index (κ1) is 16.5. The highest BCUT2D eigenvalue weighted by molar-refractivity contribution is 5.28. The predicted octanol–water partition coefficient (Wildman–Crippen LogP) is 3.86. The summed E-state index contributed by atoms with van der Waals surface area (Å²) in [4.78, 5) is 0. The van der Waals surface area contributed by atoms with Crippen LogP contribution in [0, 0.1) is 11.3 Å². The molecule has 1 rings (SSSR count). The van der Waals surface area contributed by atoms with Crippen molar-refractivity contribution in [3.05, 3.63) is 29.8 Å². The summed E-state index contributed by atoms with van der Waals surface area (Å²) in [7, 11) is 1.85. The Morgan fingerprint density at radius 3 is 2.40 bits per heavy atom. The summed E-state index contributed by atoms with van der Waals surface area (Å²) in [5.74, 6) is 1.44. The van der Waals surface area contributed by atoms with E-state index >= 15 is 0 Å². The zero-order valence-electron chi connectivity index (χ0n) is 13.1. The lowest BCUT2D eigenvalue weighted by atomic mass is 9.92. The average Bonchev–Trinajstić information content (AvgIpc) is 2.49. The van der Waals surface area contributed by atoms with Crippen LogP contribution in [-0.4, -0.2) is 19.2 Å². The molecule has 0 bridgehead atoms. The number of benzene rings is 1. The quantitative estimate of drug-likeness (QED) is 0.732. The highest BCUT2D eigenvalue weighted by atomic mass is 16.5. The number of nitrogens with one attached hydrogen (secondary N) is 1. The van der Waals surface area contributed by atoms with Crippen molar-refractivity contribution in [1.29, 1.82) is 5.26 Å². The van der Waals surface area contributed by atoms with E-state index in [-0.39, 0.29) is 0 Å². The number of rotatable bonds is 8. The van der Waals surface area contributed by atoms with Gasteiger partial charge in [-0.25, -0.2) is 0 Å². The van der Waals surface area contributed by atoms with Crippen molar-refractivity contribution in [3.8, 4) is 11.8 Å². The molecule has 0 amide bonds. The zero-order chi connectivity index (χ0) is 15.0. The van der Waals surface area contributed by atoms with E-state index in [1.165, 1.54) is 5.56 Å². The second kappa shape index (κ2) is 7.91. The zero-order valence-corrected chi connectivity index (χ0v) is 13.1. The normalized spacial score (nSPS) is 13.8. The van der Waals surface area contributed by atoms with Gasteiger partial charge >= 0.3 is 0 Å². The molecule has 0 aliphatic carbocycles. The third kappa shape index (κ3) is 4.54. The van der Waals surface area contributed by atoms with Crippen LogP contribution in [-0.2, 0) is 0 Å². The van der Waals surface area contributed by atoms with E-state index < -0.39 is 5.54 Å². The van der Waals surface area contributed by atoms with Gasteiger partial charge in [-0.05, 0) is 49.9 Å². The molecule has 110 valence electrons. The topological polar surface area (TPSA) is 45.0 Å². The third-order valence-electron chi connectivity index (χ3n) is 3.86. The highest BCUT2D eigenvalue weighted by Crippen LogP contribution is 2.20. The smallest absolute Gasteiger partial charge is 0.119 e. The third-order valence-corrected chi connectivity index (χ3v) is 3.86. The van der Waals surface area contributed by atoms with Crippen molar-refractivity contribution in [3.63, 3.8) is 0 Å². The fourth-order valence-electron chi connectivity index (χ4n) is 2.18. The lowest BCUT2D eigenvalue weighted by molar-refractivity contribution is 0.281. The second-order valence-electron chi connectivity index (χ2n) is 5.47. The van der Waals surface area contributed by atoms with Gasteiger partial charge in [0.15, 0.2) is 0 Å². The van der Waals surface area contributed by atoms with Crippen LogP contribution in [0.15, 0.2) is 24.3 Å². The van der Waals surface area contributed by atoms with Gasteiger partial charge in [0.05, 0.1) is 12.7 Å². The lowest BCUT2D eigenvalue weighted by Crippen LogP contribution is -2.41. The summed E-state index contributed by atoms with van der Waals surface area (Å²) >= 11 is 0. The van der Waals surface area contributed by atoms with Gasteiger partial charge in [-0.3, -0.25) is 0 Å². The fourth-order valence-corrected chi connectivity index (χ4v) is 2.18. The Morgan fingerprint density at radius 1 is 1.30 bits per heavy atom. The monoisotopic (exact) mass is 274 g/mol. The van der Waals surface area contributed by atoms with Crippen LogP contribution in [0.2, 0.25) is 0 Å². The fraction of sp³-hybridized carbons (Fsp3) is 0.588. The molecule has 0 radical (unpaired) electrons. The molecule has 0 aromatic heterocycles. The van der Waals surface area contributed by atoms with Gasteiger partial charge in [0.25, 0.3) is 0 Å². The Morgan fingerprint density at radius 2 is 1.95 bits per heavy atom. The molecule has 0 saturated heterocycles. The van der Waals surface area contributed by atoms with Crippen molar-refractivity contribution in [2.75, 3.05) is 13.7 Å². The number of hydrogen-bond donors (Lipinski definition) is 1.